The summed E-state index contributed by atoms with van der Waals surface area (Å²) in [6, 6.07) is 16.0. The molecular weight excluding hydrogens is 306 g/mol. The maximum Gasteiger partial charge on any atom is 0.313 e. The smallest absolute Gasteiger partial charge is 0.313 e. The molecule has 0 unspecified atom stereocenters. The predicted octanol–water partition coefficient (Wildman–Crippen LogP) is 1.69. The highest BCUT2D eigenvalue weighted by molar-refractivity contribution is 6.40. The molecule has 0 saturated heterocycles. The Labute approximate surface area is 140 Å². The lowest BCUT2D eigenvalue weighted by Gasteiger charge is -2.11. The molecular formula is C18H19N3O3. The number of rotatable bonds is 5. The molecule has 2 rings (SSSR count). The van der Waals surface area contributed by atoms with Gasteiger partial charge in [-0.3, -0.25) is 14.4 Å². The minimum Gasteiger partial charge on any atom is -0.348 e. The summed E-state index contributed by atoms with van der Waals surface area (Å²) in [6.45, 7) is 2.44. The number of benzene rings is 2. The number of hydrogen-bond donors (Lipinski definition) is 3. The van der Waals surface area contributed by atoms with Crippen LogP contribution in [0.3, 0.4) is 0 Å². The Morgan fingerprint density at radius 3 is 2.21 bits per heavy atom. The number of para-hydroxylation sites is 1. The van der Waals surface area contributed by atoms with Gasteiger partial charge in [-0.05, 0) is 24.6 Å². The van der Waals surface area contributed by atoms with Crippen molar-refractivity contribution in [2.75, 3.05) is 11.9 Å². The first-order valence-corrected chi connectivity index (χ1v) is 7.62. The van der Waals surface area contributed by atoms with Crippen LogP contribution in [0.1, 0.15) is 22.8 Å². The summed E-state index contributed by atoms with van der Waals surface area (Å²) in [7, 11) is 0. The predicted molar refractivity (Wildman–Crippen MR) is 91.4 cm³/mol. The van der Waals surface area contributed by atoms with E-state index in [4.69, 9.17) is 0 Å². The van der Waals surface area contributed by atoms with E-state index in [1.807, 2.05) is 30.3 Å². The summed E-state index contributed by atoms with van der Waals surface area (Å²) in [4.78, 5) is 35.7. The second-order valence-corrected chi connectivity index (χ2v) is 5.03. The molecule has 0 aliphatic carbocycles. The van der Waals surface area contributed by atoms with E-state index in [2.05, 4.69) is 16.0 Å². The third kappa shape index (κ3) is 4.67. The molecule has 0 saturated carbocycles. The van der Waals surface area contributed by atoms with Crippen molar-refractivity contribution in [2.24, 2.45) is 0 Å². The van der Waals surface area contributed by atoms with E-state index in [0.717, 1.165) is 5.56 Å². The number of anilines is 1. The van der Waals surface area contributed by atoms with E-state index < -0.39 is 11.8 Å². The van der Waals surface area contributed by atoms with Crippen molar-refractivity contribution in [1.29, 1.82) is 0 Å². The van der Waals surface area contributed by atoms with E-state index in [1.165, 1.54) is 0 Å². The van der Waals surface area contributed by atoms with Gasteiger partial charge in [0, 0.05) is 13.1 Å². The lowest BCUT2D eigenvalue weighted by Crippen LogP contribution is -2.35. The van der Waals surface area contributed by atoms with Gasteiger partial charge < -0.3 is 16.0 Å². The number of carbonyl (C=O) groups is 3. The molecule has 0 atom stereocenters. The Morgan fingerprint density at radius 1 is 0.833 bits per heavy atom. The van der Waals surface area contributed by atoms with Gasteiger partial charge in [-0.1, -0.05) is 42.5 Å². The second kappa shape index (κ2) is 8.47. The van der Waals surface area contributed by atoms with Crippen molar-refractivity contribution in [3.63, 3.8) is 0 Å². The lowest BCUT2D eigenvalue weighted by atomic mass is 10.1. The van der Waals surface area contributed by atoms with Crippen LogP contribution in [0.2, 0.25) is 0 Å². The van der Waals surface area contributed by atoms with Crippen molar-refractivity contribution < 1.29 is 14.4 Å². The number of hydrogen-bond acceptors (Lipinski definition) is 3. The van der Waals surface area contributed by atoms with Gasteiger partial charge in [-0.2, -0.15) is 0 Å². The molecule has 0 bridgehead atoms. The fourth-order valence-corrected chi connectivity index (χ4v) is 2.08. The van der Waals surface area contributed by atoms with Gasteiger partial charge in [0.1, 0.15) is 0 Å². The number of likely N-dealkylation sites (N-methyl/N-ethyl adjacent to an activating group) is 1. The molecule has 124 valence electrons. The summed E-state index contributed by atoms with van der Waals surface area (Å²) in [6.07, 6.45) is 0. The van der Waals surface area contributed by atoms with Crippen LogP contribution in [0.4, 0.5) is 5.69 Å². The van der Waals surface area contributed by atoms with Crippen LogP contribution in [0.5, 0.6) is 0 Å². The molecule has 0 aliphatic rings. The molecule has 3 N–H and O–H groups in total. The van der Waals surface area contributed by atoms with Crippen LogP contribution in [-0.4, -0.2) is 24.3 Å². The molecule has 6 heteroatoms. The van der Waals surface area contributed by atoms with Gasteiger partial charge >= 0.3 is 11.8 Å². The Hall–Kier alpha value is -3.15. The molecule has 6 nitrogen and oxygen atoms in total. The minimum atomic E-state index is -0.805. The zero-order valence-electron chi connectivity index (χ0n) is 13.3. The topological polar surface area (TPSA) is 87.3 Å². The Kier molecular flexibility index (Phi) is 6.08. The van der Waals surface area contributed by atoms with Crippen LogP contribution in [-0.2, 0) is 16.1 Å². The normalized spacial score (nSPS) is 9.88. The highest BCUT2D eigenvalue weighted by Crippen LogP contribution is 2.15. The fraction of sp³-hybridized carbons (Fsp3) is 0.167. The van der Waals surface area contributed by atoms with Gasteiger partial charge in [0.15, 0.2) is 0 Å². The van der Waals surface area contributed by atoms with E-state index in [-0.39, 0.29) is 5.91 Å². The third-order valence-corrected chi connectivity index (χ3v) is 3.26. The highest BCUT2D eigenvalue weighted by Gasteiger charge is 2.17. The standard InChI is InChI=1S/C18H19N3O3/c1-2-19-17(23)18(24)21-15-11-7-6-10-14(15)16(22)20-12-13-8-4-3-5-9-13/h3-11H,2,12H2,1H3,(H,19,23)(H,20,22)(H,21,24). The average Bonchev–Trinajstić information content (AvgIpc) is 2.61. The summed E-state index contributed by atoms with van der Waals surface area (Å²) in [5.74, 6) is -1.87. The molecule has 0 heterocycles. The molecule has 0 aromatic heterocycles. The maximum atomic E-state index is 12.4. The summed E-state index contributed by atoms with van der Waals surface area (Å²) >= 11 is 0. The van der Waals surface area contributed by atoms with Gasteiger partial charge in [0.05, 0.1) is 11.3 Å². The van der Waals surface area contributed by atoms with Gasteiger partial charge in [-0.15, -0.1) is 0 Å². The Morgan fingerprint density at radius 2 is 1.50 bits per heavy atom. The summed E-state index contributed by atoms with van der Waals surface area (Å²) in [5.41, 5.74) is 1.56. The summed E-state index contributed by atoms with van der Waals surface area (Å²) in [5, 5.41) is 7.66. The molecule has 0 radical (unpaired) electrons. The van der Waals surface area contributed by atoms with Crippen molar-refractivity contribution >= 4 is 23.4 Å². The highest BCUT2D eigenvalue weighted by atomic mass is 16.2. The molecule has 0 fully saturated rings. The number of amides is 3. The first-order valence-electron chi connectivity index (χ1n) is 7.62. The first-order chi connectivity index (χ1) is 11.6. The van der Waals surface area contributed by atoms with Gasteiger partial charge in [0.25, 0.3) is 5.91 Å². The molecule has 0 aliphatic heterocycles. The van der Waals surface area contributed by atoms with Crippen molar-refractivity contribution in [1.82, 2.24) is 10.6 Å². The van der Waals surface area contributed by atoms with Crippen molar-refractivity contribution in [3.8, 4) is 0 Å². The number of carbonyl (C=O) groups excluding carboxylic acids is 3. The SMILES string of the molecule is CCNC(=O)C(=O)Nc1ccccc1C(=O)NCc1ccccc1. The lowest BCUT2D eigenvalue weighted by molar-refractivity contribution is -0.136. The second-order valence-electron chi connectivity index (χ2n) is 5.03. The van der Waals surface area contributed by atoms with Crippen LogP contribution in [0.15, 0.2) is 54.6 Å². The number of nitrogens with one attached hydrogen (secondary N) is 3. The van der Waals surface area contributed by atoms with Gasteiger partial charge in [0.2, 0.25) is 0 Å². The van der Waals surface area contributed by atoms with Crippen LogP contribution >= 0.6 is 0 Å². The molecule has 2 aromatic carbocycles. The minimum absolute atomic E-state index is 0.291. The molecule has 3 amide bonds. The zero-order chi connectivity index (χ0) is 17.4. The van der Waals surface area contributed by atoms with Crippen molar-refractivity contribution in [3.05, 3.63) is 65.7 Å². The average molecular weight is 325 g/mol. The summed E-state index contributed by atoms with van der Waals surface area (Å²) < 4.78 is 0. The molecule has 0 spiro atoms. The fourth-order valence-electron chi connectivity index (χ4n) is 2.08. The van der Waals surface area contributed by atoms with Crippen LogP contribution in [0.25, 0.3) is 0 Å². The maximum absolute atomic E-state index is 12.4. The van der Waals surface area contributed by atoms with Gasteiger partial charge in [-0.25, -0.2) is 0 Å². The van der Waals surface area contributed by atoms with E-state index in [9.17, 15) is 14.4 Å². The van der Waals surface area contributed by atoms with E-state index >= 15 is 0 Å². The largest absolute Gasteiger partial charge is 0.348 e. The monoisotopic (exact) mass is 325 g/mol. The van der Waals surface area contributed by atoms with Crippen LogP contribution < -0.4 is 16.0 Å². The Balaban J connectivity index is 2.06. The van der Waals surface area contributed by atoms with E-state index in [1.54, 1.807) is 31.2 Å². The molecule has 2 aromatic rings. The third-order valence-electron chi connectivity index (χ3n) is 3.26. The quantitative estimate of drug-likeness (QED) is 0.731. The van der Waals surface area contributed by atoms with Crippen molar-refractivity contribution in [2.45, 2.75) is 13.5 Å². The van der Waals surface area contributed by atoms with Crippen LogP contribution in [0, 0.1) is 0 Å². The molecule has 24 heavy (non-hydrogen) atoms. The zero-order valence-corrected chi connectivity index (χ0v) is 13.3. The first kappa shape index (κ1) is 17.2. The van der Waals surface area contributed by atoms with E-state index in [0.29, 0.717) is 24.3 Å². The Bertz CT molecular complexity index is 729.